The second-order valence-electron chi connectivity index (χ2n) is 6.63. The Morgan fingerprint density at radius 1 is 1.25 bits per heavy atom. The molecule has 0 heterocycles. The monoisotopic (exact) mass is 298 g/mol. The van der Waals surface area contributed by atoms with Crippen molar-refractivity contribution in [2.75, 3.05) is 6.61 Å². The largest absolute Gasteiger partial charge is 0.406 e. The summed E-state index contributed by atoms with van der Waals surface area (Å²) in [5.41, 5.74) is 0. The van der Waals surface area contributed by atoms with Gasteiger partial charge in [0.15, 0.2) is 8.32 Å². The predicted octanol–water partition coefficient (Wildman–Crippen LogP) is 3.09. The molecule has 0 aromatic carbocycles. The lowest BCUT2D eigenvalue weighted by Crippen LogP contribution is -2.40. The van der Waals surface area contributed by atoms with Crippen molar-refractivity contribution in [2.45, 2.75) is 70.4 Å². The van der Waals surface area contributed by atoms with Crippen molar-refractivity contribution in [1.82, 2.24) is 0 Å². The Kier molecular flexibility index (Phi) is 8.37. The van der Waals surface area contributed by atoms with Crippen LogP contribution in [0.25, 0.3) is 0 Å². The molecule has 0 fully saturated rings. The second-order valence-corrected chi connectivity index (χ2v) is 11.4. The zero-order chi connectivity index (χ0) is 15.8. The first kappa shape index (κ1) is 19.4. The van der Waals surface area contributed by atoms with Gasteiger partial charge < -0.3 is 14.6 Å². The molecule has 0 unspecified atom stereocenters. The molecule has 0 bridgehead atoms. The molecule has 0 aliphatic rings. The Bertz CT molecular complexity index is 347. The van der Waals surface area contributed by atoms with Gasteiger partial charge in [0, 0.05) is 12.8 Å². The molecule has 0 spiro atoms. The smallest absolute Gasteiger partial charge is 0.193 e. The van der Waals surface area contributed by atoms with E-state index >= 15 is 0 Å². The molecule has 0 aliphatic carbocycles. The van der Waals surface area contributed by atoms with Crippen molar-refractivity contribution in [3.63, 3.8) is 0 Å². The van der Waals surface area contributed by atoms with E-state index < -0.39 is 20.5 Å². The first-order valence-electron chi connectivity index (χ1n) is 7.18. The van der Waals surface area contributed by atoms with Crippen molar-refractivity contribution in [3.8, 4) is 11.8 Å². The normalized spacial score (nSPS) is 15.2. The van der Waals surface area contributed by atoms with Gasteiger partial charge in [0.25, 0.3) is 0 Å². The van der Waals surface area contributed by atoms with Crippen molar-refractivity contribution in [1.29, 1.82) is 0 Å². The highest BCUT2D eigenvalue weighted by atomic mass is 28.4. The molecule has 3 nitrogen and oxygen atoms in total. The Hall–Kier alpha value is -0.603. The van der Waals surface area contributed by atoms with E-state index in [1.165, 1.54) is 6.08 Å². The maximum Gasteiger partial charge on any atom is 0.193 e. The van der Waals surface area contributed by atoms with E-state index in [4.69, 9.17) is 4.43 Å². The first-order valence-corrected chi connectivity index (χ1v) is 10.1. The number of hydrogen-bond acceptors (Lipinski definition) is 3. The first-order chi connectivity index (χ1) is 9.10. The predicted molar refractivity (Wildman–Crippen MR) is 87.0 cm³/mol. The molecule has 0 radical (unpaired) electrons. The second kappa shape index (κ2) is 8.63. The van der Waals surface area contributed by atoms with Gasteiger partial charge in [0.05, 0.1) is 18.8 Å². The Labute approximate surface area is 125 Å². The Morgan fingerprint density at radius 3 is 2.35 bits per heavy atom. The van der Waals surface area contributed by atoms with E-state index in [2.05, 4.69) is 52.3 Å². The molecule has 0 aromatic heterocycles. The molecule has 4 heteroatoms. The summed E-state index contributed by atoms with van der Waals surface area (Å²) in [6.45, 7) is 14.9. The van der Waals surface area contributed by atoms with Crippen LogP contribution in [0.4, 0.5) is 0 Å². The van der Waals surface area contributed by atoms with E-state index in [1.54, 1.807) is 0 Å². The van der Waals surface area contributed by atoms with Gasteiger partial charge in [-0.15, -0.1) is 12.5 Å². The number of aliphatic hydroxyl groups is 2. The van der Waals surface area contributed by atoms with Crippen LogP contribution in [0.15, 0.2) is 12.7 Å². The average Bonchev–Trinajstić information content (AvgIpc) is 2.31. The molecular weight excluding hydrogens is 268 g/mol. The van der Waals surface area contributed by atoms with Gasteiger partial charge in [-0.25, -0.2) is 0 Å². The van der Waals surface area contributed by atoms with Crippen molar-refractivity contribution in [3.05, 3.63) is 12.7 Å². The van der Waals surface area contributed by atoms with Crippen LogP contribution < -0.4 is 0 Å². The van der Waals surface area contributed by atoms with Crippen molar-refractivity contribution < 1.29 is 14.6 Å². The lowest BCUT2D eigenvalue weighted by Gasteiger charge is -2.35. The lowest BCUT2D eigenvalue weighted by molar-refractivity contribution is 0.0990. The van der Waals surface area contributed by atoms with Gasteiger partial charge in [-0.05, 0) is 24.6 Å². The highest BCUT2D eigenvalue weighted by molar-refractivity contribution is 6.74. The highest BCUT2D eigenvalue weighted by Gasteiger charge is 2.36. The van der Waals surface area contributed by atoms with Crippen LogP contribution in [0.2, 0.25) is 18.1 Å². The molecule has 0 amide bonds. The molecule has 2 atom stereocenters. The molecule has 0 saturated heterocycles. The van der Waals surface area contributed by atoms with Crippen molar-refractivity contribution in [2.24, 2.45) is 0 Å². The minimum atomic E-state index is -1.71. The van der Waals surface area contributed by atoms with Crippen LogP contribution in [0.3, 0.4) is 0 Å². The van der Waals surface area contributed by atoms with Gasteiger partial charge in [-0.1, -0.05) is 32.8 Å². The average molecular weight is 298 g/mol. The van der Waals surface area contributed by atoms with Gasteiger partial charge in [-0.3, -0.25) is 0 Å². The SMILES string of the molecule is C=C[C@@H](O)C[C@@H](O)CCC#CCO[Si](C)(C)C(C)(C)C. The van der Waals surface area contributed by atoms with Gasteiger partial charge >= 0.3 is 0 Å². The maximum absolute atomic E-state index is 9.64. The summed E-state index contributed by atoms with van der Waals surface area (Å²) in [6, 6.07) is 0. The van der Waals surface area contributed by atoms with Gasteiger partial charge in [-0.2, -0.15) is 0 Å². The topological polar surface area (TPSA) is 49.7 Å². The zero-order valence-electron chi connectivity index (χ0n) is 13.6. The summed E-state index contributed by atoms with van der Waals surface area (Å²) < 4.78 is 5.93. The number of rotatable bonds is 7. The zero-order valence-corrected chi connectivity index (χ0v) is 14.6. The summed E-state index contributed by atoms with van der Waals surface area (Å²) >= 11 is 0. The molecule has 116 valence electrons. The van der Waals surface area contributed by atoms with Crippen LogP contribution >= 0.6 is 0 Å². The van der Waals surface area contributed by atoms with Crippen LogP contribution in [-0.2, 0) is 4.43 Å². The molecule has 2 N–H and O–H groups in total. The van der Waals surface area contributed by atoms with E-state index in [1.807, 2.05) is 0 Å². The minimum absolute atomic E-state index is 0.200. The third-order valence-electron chi connectivity index (χ3n) is 3.82. The van der Waals surface area contributed by atoms with Crippen LogP contribution in [-0.4, -0.2) is 37.3 Å². The summed E-state index contributed by atoms with van der Waals surface area (Å²) in [5, 5.41) is 19.1. The maximum atomic E-state index is 9.64. The van der Waals surface area contributed by atoms with E-state index in [0.29, 0.717) is 25.9 Å². The summed E-state index contributed by atoms with van der Waals surface area (Å²) in [7, 11) is -1.71. The third-order valence-corrected chi connectivity index (χ3v) is 8.30. The minimum Gasteiger partial charge on any atom is -0.406 e. The molecule has 0 aliphatic heterocycles. The highest BCUT2D eigenvalue weighted by Crippen LogP contribution is 2.36. The molecule has 0 rings (SSSR count). The van der Waals surface area contributed by atoms with Crippen LogP contribution in [0, 0.1) is 11.8 Å². The number of aliphatic hydroxyl groups excluding tert-OH is 2. The fourth-order valence-electron chi connectivity index (χ4n) is 1.30. The third kappa shape index (κ3) is 7.86. The van der Waals surface area contributed by atoms with Gasteiger partial charge in [0.2, 0.25) is 0 Å². The quantitative estimate of drug-likeness (QED) is 0.431. The standard InChI is InChI=1S/C16H30O3Si/c1-7-14(17)13-15(18)11-9-8-10-12-19-20(5,6)16(2,3)4/h7,14-15,17-18H,1,9,11-13H2,2-6H3/t14-,15+/m1/s1. The molecule has 0 saturated carbocycles. The summed E-state index contributed by atoms with van der Waals surface area (Å²) in [6.07, 6.45) is 1.77. The van der Waals surface area contributed by atoms with Gasteiger partial charge in [0.1, 0.15) is 0 Å². The van der Waals surface area contributed by atoms with E-state index in [9.17, 15) is 10.2 Å². The summed E-state index contributed by atoms with van der Waals surface area (Å²) in [4.78, 5) is 0. The van der Waals surface area contributed by atoms with Crippen LogP contribution in [0.5, 0.6) is 0 Å². The van der Waals surface area contributed by atoms with E-state index in [0.717, 1.165) is 0 Å². The molecule has 20 heavy (non-hydrogen) atoms. The van der Waals surface area contributed by atoms with E-state index in [-0.39, 0.29) is 5.04 Å². The fourth-order valence-corrected chi connectivity index (χ4v) is 2.17. The Balaban J connectivity index is 3.93. The Morgan fingerprint density at radius 2 is 1.85 bits per heavy atom. The fraction of sp³-hybridized carbons (Fsp3) is 0.750. The summed E-state index contributed by atoms with van der Waals surface area (Å²) in [5.74, 6) is 6.02. The molecular formula is C16H30O3Si. The van der Waals surface area contributed by atoms with Crippen molar-refractivity contribution >= 4 is 8.32 Å². The number of hydrogen-bond donors (Lipinski definition) is 2. The molecule has 0 aromatic rings. The lowest BCUT2D eigenvalue weighted by atomic mass is 10.1. The van der Waals surface area contributed by atoms with Crippen LogP contribution in [0.1, 0.15) is 40.0 Å².